The lowest BCUT2D eigenvalue weighted by molar-refractivity contribution is 0.185. The number of methoxy groups -OCH3 is 2. The van der Waals surface area contributed by atoms with E-state index in [1.165, 1.54) is 11.1 Å². The lowest BCUT2D eigenvalue weighted by Crippen LogP contribution is -2.24. The van der Waals surface area contributed by atoms with Crippen LogP contribution in [0.25, 0.3) is 11.3 Å². The highest BCUT2D eigenvalue weighted by Crippen LogP contribution is 2.37. The Kier molecular flexibility index (Phi) is 9.62. The lowest BCUT2D eigenvalue weighted by atomic mass is 10.1. The number of thiazole rings is 1. The molecule has 0 aliphatic heterocycles. The van der Waals surface area contributed by atoms with E-state index in [0.717, 1.165) is 59.2 Å². The van der Waals surface area contributed by atoms with Crippen molar-refractivity contribution in [3.05, 3.63) is 63.5 Å². The maximum Gasteiger partial charge on any atom is 0.186 e. The highest BCUT2D eigenvalue weighted by Gasteiger charge is 2.17. The highest BCUT2D eigenvalue weighted by molar-refractivity contribution is 7.16. The maximum atomic E-state index is 6.49. The minimum atomic E-state index is 0.545. The van der Waals surface area contributed by atoms with Gasteiger partial charge in [0.25, 0.3) is 0 Å². The molecule has 0 saturated carbocycles. The van der Waals surface area contributed by atoms with Gasteiger partial charge in [-0.2, -0.15) is 0 Å². The number of ether oxygens (including phenoxy) is 2. The Balaban J connectivity index is 1.57. The van der Waals surface area contributed by atoms with Gasteiger partial charge in [-0.1, -0.05) is 48.2 Å². The number of aryl methyl sites for hydroxylation is 2. The van der Waals surface area contributed by atoms with Crippen molar-refractivity contribution in [1.82, 2.24) is 4.98 Å². The van der Waals surface area contributed by atoms with Gasteiger partial charge < -0.3 is 14.4 Å². The monoisotopic (exact) mass is 482 g/mol. The van der Waals surface area contributed by atoms with Crippen molar-refractivity contribution in [2.24, 2.45) is 0 Å². The largest absolute Gasteiger partial charge is 0.497 e. The summed E-state index contributed by atoms with van der Waals surface area (Å²) in [7, 11) is 3.35. The third-order valence-corrected chi connectivity index (χ3v) is 6.84. The van der Waals surface area contributed by atoms with Gasteiger partial charge in [-0.3, -0.25) is 0 Å². The second kappa shape index (κ2) is 12.6. The average Bonchev–Trinajstić information content (AvgIpc) is 3.20. The van der Waals surface area contributed by atoms with Crippen LogP contribution in [0.15, 0.2) is 42.5 Å². The number of aromatic nitrogens is 1. The topological polar surface area (TPSA) is 34.6 Å². The van der Waals surface area contributed by atoms with E-state index < -0.39 is 0 Å². The Morgan fingerprint density at radius 1 is 1.06 bits per heavy atom. The second-order valence-electron chi connectivity index (χ2n) is 7.93. The van der Waals surface area contributed by atoms with Crippen molar-refractivity contribution < 1.29 is 9.47 Å². The maximum absolute atomic E-state index is 6.49. The van der Waals surface area contributed by atoms with Crippen molar-refractivity contribution in [1.29, 1.82) is 0 Å². The van der Waals surface area contributed by atoms with E-state index in [2.05, 4.69) is 42.0 Å². The summed E-state index contributed by atoms with van der Waals surface area (Å²) in [4.78, 5) is 8.21. The van der Waals surface area contributed by atoms with Crippen LogP contribution in [0, 0.1) is 19.3 Å². The van der Waals surface area contributed by atoms with Crippen LogP contribution < -0.4 is 9.64 Å². The lowest BCUT2D eigenvalue weighted by Gasteiger charge is -2.19. The summed E-state index contributed by atoms with van der Waals surface area (Å²) in [5, 5.41) is 1.58. The molecule has 0 bridgehead atoms. The Bertz CT molecular complexity index is 1070. The number of nitrogens with zero attached hydrogens (tertiary/aromatic N) is 2. The molecule has 174 valence electrons. The second-order valence-corrected chi connectivity index (χ2v) is 9.52. The quantitative estimate of drug-likeness (QED) is 0.210. The van der Waals surface area contributed by atoms with Gasteiger partial charge in [-0.25, -0.2) is 4.98 Å². The predicted molar refractivity (Wildman–Crippen MR) is 140 cm³/mol. The molecule has 0 amide bonds. The zero-order valence-electron chi connectivity index (χ0n) is 19.6. The van der Waals surface area contributed by atoms with E-state index in [-0.39, 0.29) is 0 Å². The van der Waals surface area contributed by atoms with Crippen molar-refractivity contribution in [2.45, 2.75) is 39.2 Å². The van der Waals surface area contributed by atoms with Crippen LogP contribution in [-0.4, -0.2) is 32.3 Å². The molecule has 0 fully saturated rings. The molecule has 3 aromatic rings. The molecule has 0 unspecified atom stereocenters. The van der Waals surface area contributed by atoms with E-state index in [1.54, 1.807) is 25.6 Å². The zero-order chi connectivity index (χ0) is 23.6. The number of terminal acetylenes is 1. The standard InChI is InChI=1S/C27H31ClN2O2S/c1-5-16-30(17-8-6-7-9-21-10-12-22(13-11-21)19-31-3)27-29-26(20(2)33-27)24-15-14-23(32-4)18-25(24)28/h1,10-15,18H,6-9,16-17,19H2,2-4H3. The minimum absolute atomic E-state index is 0.545. The summed E-state index contributed by atoms with van der Waals surface area (Å²) in [6, 6.07) is 14.4. The third-order valence-electron chi connectivity index (χ3n) is 5.50. The van der Waals surface area contributed by atoms with Crippen LogP contribution in [0.5, 0.6) is 5.75 Å². The molecule has 6 heteroatoms. The van der Waals surface area contributed by atoms with Gasteiger partial charge in [0.05, 0.1) is 31.0 Å². The van der Waals surface area contributed by atoms with Crippen molar-refractivity contribution in [3.8, 4) is 29.4 Å². The molecule has 0 spiro atoms. The molecular formula is C27H31ClN2O2S. The molecule has 0 saturated heterocycles. The molecule has 0 radical (unpaired) electrons. The fraction of sp³-hybridized carbons (Fsp3) is 0.370. The minimum Gasteiger partial charge on any atom is -0.497 e. The van der Waals surface area contributed by atoms with E-state index in [4.69, 9.17) is 32.5 Å². The number of anilines is 1. The summed E-state index contributed by atoms with van der Waals surface area (Å²) in [6.45, 7) is 4.17. The van der Waals surface area contributed by atoms with E-state index >= 15 is 0 Å². The number of hydrogen-bond acceptors (Lipinski definition) is 5. The molecule has 3 rings (SSSR count). The first-order chi connectivity index (χ1) is 16.0. The SMILES string of the molecule is C#CCN(CCCCCc1ccc(COC)cc1)c1nc(-c2ccc(OC)cc2Cl)c(C)s1. The average molecular weight is 483 g/mol. The number of rotatable bonds is 12. The number of hydrogen-bond donors (Lipinski definition) is 0. The Morgan fingerprint density at radius 3 is 2.48 bits per heavy atom. The fourth-order valence-corrected chi connectivity index (χ4v) is 4.92. The molecule has 1 aromatic heterocycles. The molecule has 2 aromatic carbocycles. The Hall–Kier alpha value is -2.52. The number of unbranched alkanes of at least 4 members (excludes halogenated alkanes) is 2. The molecule has 1 heterocycles. The zero-order valence-corrected chi connectivity index (χ0v) is 21.1. The van der Waals surface area contributed by atoms with Gasteiger partial charge in [0, 0.05) is 24.1 Å². The van der Waals surface area contributed by atoms with E-state index in [0.29, 0.717) is 18.2 Å². The third kappa shape index (κ3) is 6.98. The van der Waals surface area contributed by atoms with Gasteiger partial charge in [-0.05, 0) is 55.5 Å². The Labute approximate surface area is 206 Å². The van der Waals surface area contributed by atoms with Gasteiger partial charge >= 0.3 is 0 Å². The van der Waals surface area contributed by atoms with Crippen molar-refractivity contribution in [3.63, 3.8) is 0 Å². The smallest absolute Gasteiger partial charge is 0.186 e. The van der Waals surface area contributed by atoms with Crippen LogP contribution in [0.4, 0.5) is 5.13 Å². The molecule has 4 nitrogen and oxygen atoms in total. The van der Waals surface area contributed by atoms with Crippen LogP contribution in [0.1, 0.15) is 35.3 Å². The molecule has 0 N–H and O–H groups in total. The van der Waals surface area contributed by atoms with Crippen LogP contribution in [0.3, 0.4) is 0 Å². The first-order valence-electron chi connectivity index (χ1n) is 11.1. The highest BCUT2D eigenvalue weighted by atomic mass is 35.5. The number of benzene rings is 2. The van der Waals surface area contributed by atoms with Crippen molar-refractivity contribution >= 4 is 28.1 Å². The van der Waals surface area contributed by atoms with Gasteiger partial charge in [0.15, 0.2) is 5.13 Å². The van der Waals surface area contributed by atoms with Gasteiger partial charge in [0.2, 0.25) is 0 Å². The predicted octanol–water partition coefficient (Wildman–Crippen LogP) is 6.78. The summed E-state index contributed by atoms with van der Waals surface area (Å²) in [5.41, 5.74) is 4.39. The normalized spacial score (nSPS) is 10.8. The van der Waals surface area contributed by atoms with E-state index in [1.807, 2.05) is 18.2 Å². The summed E-state index contributed by atoms with van der Waals surface area (Å²) >= 11 is 8.15. The first kappa shape index (κ1) is 25.1. The molecular weight excluding hydrogens is 452 g/mol. The molecule has 0 atom stereocenters. The van der Waals surface area contributed by atoms with Crippen LogP contribution in [-0.2, 0) is 17.8 Å². The van der Waals surface area contributed by atoms with Gasteiger partial charge in [-0.15, -0.1) is 17.8 Å². The fourth-order valence-electron chi connectivity index (χ4n) is 3.71. The summed E-state index contributed by atoms with van der Waals surface area (Å²) in [6.07, 6.45) is 10.1. The van der Waals surface area contributed by atoms with Crippen LogP contribution >= 0.6 is 22.9 Å². The molecule has 0 aliphatic carbocycles. The molecule has 0 aliphatic rings. The summed E-state index contributed by atoms with van der Waals surface area (Å²) in [5.74, 6) is 3.52. The van der Waals surface area contributed by atoms with Crippen LogP contribution in [0.2, 0.25) is 5.02 Å². The van der Waals surface area contributed by atoms with Crippen molar-refractivity contribution in [2.75, 3.05) is 32.2 Å². The van der Waals surface area contributed by atoms with E-state index in [9.17, 15) is 0 Å². The summed E-state index contributed by atoms with van der Waals surface area (Å²) < 4.78 is 10.4. The first-order valence-corrected chi connectivity index (χ1v) is 12.3. The Morgan fingerprint density at radius 2 is 1.82 bits per heavy atom. The number of halogens is 1. The molecule has 33 heavy (non-hydrogen) atoms. The van der Waals surface area contributed by atoms with Gasteiger partial charge in [0.1, 0.15) is 5.75 Å².